The van der Waals surface area contributed by atoms with E-state index in [0.29, 0.717) is 35.8 Å². The van der Waals surface area contributed by atoms with Crippen molar-refractivity contribution in [2.75, 3.05) is 27.4 Å². The summed E-state index contributed by atoms with van der Waals surface area (Å²) in [5.74, 6) is 1.13. The Bertz CT molecular complexity index is 1490. The fourth-order valence-corrected chi connectivity index (χ4v) is 5.01. The number of nitrogens with zero attached hydrogens (tertiary/aromatic N) is 1. The van der Waals surface area contributed by atoms with Gasteiger partial charge in [0.05, 0.1) is 20.8 Å². The van der Waals surface area contributed by atoms with Crippen LogP contribution in [0.25, 0.3) is 0 Å². The van der Waals surface area contributed by atoms with Gasteiger partial charge in [0.1, 0.15) is 11.4 Å². The molecule has 0 saturated heterocycles. The van der Waals surface area contributed by atoms with Crippen molar-refractivity contribution in [1.29, 1.82) is 0 Å². The van der Waals surface area contributed by atoms with Crippen LogP contribution in [0.15, 0.2) is 77.8 Å². The van der Waals surface area contributed by atoms with Crippen LogP contribution < -0.4 is 25.1 Å². The average Bonchev–Trinajstić information content (AvgIpc) is 3.45. The van der Waals surface area contributed by atoms with E-state index in [2.05, 4.69) is 10.9 Å². The molecule has 3 N–H and O–H groups in total. The highest BCUT2D eigenvalue weighted by Crippen LogP contribution is 2.43. The SMILES string of the molecule is COc1ccc(CNNC(=O)[C@@]2(CCC(=O)OC(C)(C)C)N=C(c3ccc(OCCCO)cc3)O[C@H]2c2ccccc2)cc1OC. The Balaban J connectivity index is 1.65. The van der Waals surface area contributed by atoms with Crippen LogP contribution in [0.2, 0.25) is 0 Å². The van der Waals surface area contributed by atoms with Crippen molar-refractivity contribution in [2.24, 2.45) is 4.99 Å². The maximum atomic E-state index is 14.2. The average molecular weight is 634 g/mol. The van der Waals surface area contributed by atoms with E-state index >= 15 is 0 Å². The molecule has 1 aliphatic heterocycles. The topological polar surface area (TPSA) is 137 Å². The van der Waals surface area contributed by atoms with Gasteiger partial charge < -0.3 is 28.8 Å². The minimum Gasteiger partial charge on any atom is -0.494 e. The summed E-state index contributed by atoms with van der Waals surface area (Å²) in [5, 5.41) is 9.04. The van der Waals surface area contributed by atoms with Gasteiger partial charge in [-0.1, -0.05) is 36.4 Å². The standard InChI is InChI=1S/C35H43N3O8/c1-34(2,3)46-30(40)18-19-35(33(41)38-36-23-24-12-17-28(42-4)29(22-24)43-5)31(25-10-7-6-8-11-25)45-32(37-35)26-13-15-27(16-14-26)44-21-9-20-39/h6-8,10-17,22,31,36,39H,9,18-21,23H2,1-5H3,(H,38,41)/t31-,35-/m0/s1. The van der Waals surface area contributed by atoms with Gasteiger partial charge in [-0.3, -0.25) is 15.0 Å². The quantitative estimate of drug-likeness (QED) is 0.124. The van der Waals surface area contributed by atoms with E-state index in [-0.39, 0.29) is 31.9 Å². The summed E-state index contributed by atoms with van der Waals surface area (Å²) in [5.41, 5.74) is 5.83. The first-order chi connectivity index (χ1) is 22.1. The number of aliphatic imine (C=N–C) groups is 1. The molecular formula is C35H43N3O8. The van der Waals surface area contributed by atoms with Gasteiger partial charge >= 0.3 is 5.97 Å². The third-order valence-corrected chi connectivity index (χ3v) is 7.20. The lowest BCUT2D eigenvalue weighted by Crippen LogP contribution is -2.52. The van der Waals surface area contributed by atoms with Gasteiger partial charge in [-0.05, 0) is 74.7 Å². The molecule has 0 radical (unpaired) electrons. The zero-order valence-corrected chi connectivity index (χ0v) is 27.0. The number of hydrazine groups is 1. The third kappa shape index (κ3) is 8.76. The number of ether oxygens (including phenoxy) is 5. The molecule has 3 aromatic rings. The Morgan fingerprint density at radius 3 is 2.35 bits per heavy atom. The van der Waals surface area contributed by atoms with Gasteiger partial charge in [0.2, 0.25) is 5.90 Å². The van der Waals surface area contributed by atoms with Crippen LogP contribution in [0, 0.1) is 0 Å². The molecule has 4 rings (SSSR count). The van der Waals surface area contributed by atoms with Crippen LogP contribution in [0.4, 0.5) is 0 Å². The lowest BCUT2D eigenvalue weighted by molar-refractivity contribution is -0.155. The Labute approximate surface area is 269 Å². The van der Waals surface area contributed by atoms with Crippen LogP contribution in [-0.4, -0.2) is 61.5 Å². The largest absolute Gasteiger partial charge is 0.494 e. The fraction of sp³-hybridized carbons (Fsp3) is 0.400. The molecule has 11 nitrogen and oxygen atoms in total. The van der Waals surface area contributed by atoms with Crippen molar-refractivity contribution in [3.63, 3.8) is 0 Å². The van der Waals surface area contributed by atoms with Crippen molar-refractivity contribution in [1.82, 2.24) is 10.9 Å². The van der Waals surface area contributed by atoms with E-state index in [1.54, 1.807) is 65.3 Å². The maximum absolute atomic E-state index is 14.2. The van der Waals surface area contributed by atoms with E-state index in [1.807, 2.05) is 42.5 Å². The molecule has 0 unspecified atom stereocenters. The lowest BCUT2D eigenvalue weighted by atomic mass is 9.83. The number of benzene rings is 3. The summed E-state index contributed by atoms with van der Waals surface area (Å²) in [6.07, 6.45) is -0.362. The van der Waals surface area contributed by atoms with Crippen LogP contribution in [0.3, 0.4) is 0 Å². The Hall–Kier alpha value is -4.61. The second-order valence-corrected chi connectivity index (χ2v) is 11.8. The molecule has 0 bridgehead atoms. The van der Waals surface area contributed by atoms with E-state index < -0.39 is 29.1 Å². The lowest BCUT2D eigenvalue weighted by Gasteiger charge is -2.31. The van der Waals surface area contributed by atoms with Gasteiger partial charge in [-0.2, -0.15) is 0 Å². The van der Waals surface area contributed by atoms with Crippen molar-refractivity contribution < 1.29 is 38.4 Å². The van der Waals surface area contributed by atoms with Crippen molar-refractivity contribution in [3.8, 4) is 17.2 Å². The first kappa shape index (κ1) is 34.3. The molecule has 246 valence electrons. The van der Waals surface area contributed by atoms with Crippen LogP contribution in [0.5, 0.6) is 17.2 Å². The number of nitrogens with one attached hydrogen (secondary N) is 2. The summed E-state index contributed by atoms with van der Waals surface area (Å²) < 4.78 is 28.4. The summed E-state index contributed by atoms with van der Waals surface area (Å²) in [4.78, 5) is 32.1. The zero-order valence-electron chi connectivity index (χ0n) is 27.0. The minimum atomic E-state index is -1.52. The highest BCUT2D eigenvalue weighted by molar-refractivity contribution is 6.01. The molecule has 1 amide bonds. The fourth-order valence-electron chi connectivity index (χ4n) is 5.01. The van der Waals surface area contributed by atoms with Gasteiger partial charge in [0.25, 0.3) is 5.91 Å². The normalized spacial score (nSPS) is 17.4. The number of hydrogen-bond acceptors (Lipinski definition) is 10. The predicted molar refractivity (Wildman–Crippen MR) is 173 cm³/mol. The highest BCUT2D eigenvalue weighted by atomic mass is 16.6. The van der Waals surface area contributed by atoms with Gasteiger partial charge in [-0.25, -0.2) is 10.4 Å². The number of rotatable bonds is 15. The van der Waals surface area contributed by atoms with Crippen LogP contribution in [0.1, 0.15) is 62.8 Å². The number of aliphatic hydroxyl groups excluding tert-OH is 1. The number of hydrogen-bond donors (Lipinski definition) is 3. The van der Waals surface area contributed by atoms with E-state index in [4.69, 9.17) is 33.8 Å². The van der Waals surface area contributed by atoms with Crippen LogP contribution >= 0.6 is 0 Å². The van der Waals surface area contributed by atoms with Crippen LogP contribution in [-0.2, 0) is 25.6 Å². The molecule has 2 atom stereocenters. The molecule has 1 heterocycles. The molecular weight excluding hydrogens is 590 g/mol. The number of carbonyl (C=O) groups excluding carboxylic acids is 2. The number of amides is 1. The number of methoxy groups -OCH3 is 2. The third-order valence-electron chi connectivity index (χ3n) is 7.20. The predicted octanol–water partition coefficient (Wildman–Crippen LogP) is 4.66. The number of aliphatic hydroxyl groups is 1. The summed E-state index contributed by atoms with van der Waals surface area (Å²) >= 11 is 0. The zero-order chi connectivity index (χ0) is 33.2. The number of carbonyl (C=O) groups is 2. The monoisotopic (exact) mass is 633 g/mol. The molecule has 1 aliphatic rings. The first-order valence-corrected chi connectivity index (χ1v) is 15.2. The molecule has 3 aromatic carbocycles. The Morgan fingerprint density at radius 2 is 1.70 bits per heavy atom. The van der Waals surface area contributed by atoms with E-state index in [0.717, 1.165) is 11.1 Å². The summed E-state index contributed by atoms with van der Waals surface area (Å²) in [6.45, 7) is 6.09. The second-order valence-electron chi connectivity index (χ2n) is 11.8. The van der Waals surface area contributed by atoms with Gasteiger partial charge in [0.15, 0.2) is 23.1 Å². The minimum absolute atomic E-state index is 0.0250. The second kappa shape index (κ2) is 15.6. The molecule has 0 spiro atoms. The number of esters is 1. The Kier molecular flexibility index (Phi) is 11.6. The molecule has 0 aliphatic carbocycles. The maximum Gasteiger partial charge on any atom is 0.306 e. The van der Waals surface area contributed by atoms with Gasteiger partial charge in [0, 0.05) is 31.6 Å². The summed E-state index contributed by atoms with van der Waals surface area (Å²) in [7, 11) is 3.12. The van der Waals surface area contributed by atoms with Crippen molar-refractivity contribution >= 4 is 17.8 Å². The molecule has 46 heavy (non-hydrogen) atoms. The van der Waals surface area contributed by atoms with E-state index in [1.165, 1.54) is 0 Å². The van der Waals surface area contributed by atoms with Crippen molar-refractivity contribution in [2.45, 2.75) is 63.8 Å². The summed E-state index contributed by atoms with van der Waals surface area (Å²) in [6, 6.07) is 22.0. The smallest absolute Gasteiger partial charge is 0.306 e. The molecule has 0 aromatic heterocycles. The molecule has 0 fully saturated rings. The van der Waals surface area contributed by atoms with E-state index in [9.17, 15) is 9.59 Å². The Morgan fingerprint density at radius 1 is 0.978 bits per heavy atom. The van der Waals surface area contributed by atoms with Crippen molar-refractivity contribution in [3.05, 3.63) is 89.5 Å². The first-order valence-electron chi connectivity index (χ1n) is 15.2. The molecule has 11 heteroatoms. The van der Waals surface area contributed by atoms with Gasteiger partial charge in [-0.15, -0.1) is 0 Å². The highest BCUT2D eigenvalue weighted by Gasteiger charge is 2.53. The molecule has 0 saturated carbocycles.